The standard InChI is InChI=1S/C12H10N2O3/c15-11(3-4-12(16)17)14-9-2-1-8-5-6-13-10(8)7-9/h1-7,13H,(H,14,15)(H,16,17). The van der Waals surface area contributed by atoms with Crippen molar-refractivity contribution in [2.45, 2.75) is 0 Å². The molecule has 5 nitrogen and oxygen atoms in total. The van der Waals surface area contributed by atoms with Gasteiger partial charge < -0.3 is 15.4 Å². The number of aliphatic carboxylic acids is 1. The maximum absolute atomic E-state index is 11.3. The van der Waals surface area contributed by atoms with Crippen LogP contribution >= 0.6 is 0 Å². The van der Waals surface area contributed by atoms with Crippen molar-refractivity contribution >= 4 is 28.5 Å². The molecular weight excluding hydrogens is 220 g/mol. The number of carbonyl (C=O) groups excluding carboxylic acids is 1. The lowest BCUT2D eigenvalue weighted by Crippen LogP contribution is -2.08. The quantitative estimate of drug-likeness (QED) is 0.702. The van der Waals surface area contributed by atoms with Crippen LogP contribution in [0, 0.1) is 0 Å². The van der Waals surface area contributed by atoms with Crippen LogP contribution in [-0.4, -0.2) is 22.0 Å². The van der Waals surface area contributed by atoms with Crippen molar-refractivity contribution in [3.8, 4) is 0 Å². The Kier molecular flexibility index (Phi) is 2.91. The van der Waals surface area contributed by atoms with Gasteiger partial charge in [-0.15, -0.1) is 0 Å². The first-order valence-electron chi connectivity index (χ1n) is 4.94. The molecule has 3 N–H and O–H groups in total. The summed E-state index contributed by atoms with van der Waals surface area (Å²) in [4.78, 5) is 24.6. The minimum absolute atomic E-state index is 0.474. The number of nitrogens with one attached hydrogen (secondary N) is 2. The number of carboxylic acid groups (broad SMARTS) is 1. The predicted octanol–water partition coefficient (Wildman–Crippen LogP) is 1.75. The highest BCUT2D eigenvalue weighted by Crippen LogP contribution is 2.17. The Morgan fingerprint density at radius 1 is 1.24 bits per heavy atom. The zero-order chi connectivity index (χ0) is 12.3. The highest BCUT2D eigenvalue weighted by molar-refractivity contribution is 6.03. The fraction of sp³-hybridized carbons (Fsp3) is 0. The third kappa shape index (κ3) is 2.72. The van der Waals surface area contributed by atoms with E-state index in [0.717, 1.165) is 23.1 Å². The number of anilines is 1. The molecule has 0 aliphatic carbocycles. The van der Waals surface area contributed by atoms with Crippen molar-refractivity contribution < 1.29 is 14.7 Å². The molecule has 0 fully saturated rings. The summed E-state index contributed by atoms with van der Waals surface area (Å²) in [7, 11) is 0. The van der Waals surface area contributed by atoms with Crippen molar-refractivity contribution in [2.75, 3.05) is 5.32 Å². The lowest BCUT2D eigenvalue weighted by Gasteiger charge is -2.01. The number of aromatic amines is 1. The van der Waals surface area contributed by atoms with E-state index in [9.17, 15) is 9.59 Å². The van der Waals surface area contributed by atoms with E-state index in [0.29, 0.717) is 5.69 Å². The first-order valence-corrected chi connectivity index (χ1v) is 4.94. The Labute approximate surface area is 96.8 Å². The molecule has 0 atom stereocenters. The Morgan fingerprint density at radius 2 is 2.06 bits per heavy atom. The molecule has 86 valence electrons. The van der Waals surface area contributed by atoms with Crippen LogP contribution in [-0.2, 0) is 9.59 Å². The van der Waals surface area contributed by atoms with Gasteiger partial charge in [0.2, 0.25) is 5.91 Å². The molecule has 1 aromatic carbocycles. The minimum atomic E-state index is -1.15. The third-order valence-electron chi connectivity index (χ3n) is 2.20. The van der Waals surface area contributed by atoms with Crippen LogP contribution in [0.25, 0.3) is 10.9 Å². The molecule has 0 radical (unpaired) electrons. The normalized spacial score (nSPS) is 10.8. The lowest BCUT2D eigenvalue weighted by molar-refractivity contribution is -0.131. The second-order valence-electron chi connectivity index (χ2n) is 3.44. The van der Waals surface area contributed by atoms with Gasteiger partial charge in [-0.3, -0.25) is 4.79 Å². The number of H-pyrrole nitrogens is 1. The molecule has 1 heterocycles. The molecule has 2 aromatic rings. The third-order valence-corrected chi connectivity index (χ3v) is 2.20. The molecule has 0 aliphatic rings. The number of carbonyl (C=O) groups is 2. The van der Waals surface area contributed by atoms with Crippen molar-refractivity contribution in [3.63, 3.8) is 0 Å². The molecule has 1 amide bonds. The maximum Gasteiger partial charge on any atom is 0.328 e. The monoisotopic (exact) mass is 230 g/mol. The van der Waals surface area contributed by atoms with Crippen LogP contribution in [0.2, 0.25) is 0 Å². The van der Waals surface area contributed by atoms with E-state index >= 15 is 0 Å². The van der Waals surface area contributed by atoms with E-state index in [1.807, 2.05) is 12.1 Å². The van der Waals surface area contributed by atoms with E-state index in [1.54, 1.807) is 18.3 Å². The lowest BCUT2D eigenvalue weighted by atomic mass is 10.2. The number of aromatic nitrogens is 1. The van der Waals surface area contributed by atoms with E-state index in [-0.39, 0.29) is 0 Å². The molecule has 0 spiro atoms. The fourth-order valence-electron chi connectivity index (χ4n) is 1.46. The molecule has 0 saturated heterocycles. The topological polar surface area (TPSA) is 82.2 Å². The molecule has 2 rings (SSSR count). The van der Waals surface area contributed by atoms with Crippen LogP contribution in [0.1, 0.15) is 0 Å². The number of fused-ring (bicyclic) bond motifs is 1. The Balaban J connectivity index is 2.12. The van der Waals surface area contributed by atoms with Gasteiger partial charge in [0.25, 0.3) is 0 Å². The molecule has 5 heteroatoms. The summed E-state index contributed by atoms with van der Waals surface area (Å²) in [5.74, 6) is -1.63. The average molecular weight is 230 g/mol. The predicted molar refractivity (Wildman–Crippen MR) is 63.7 cm³/mol. The number of rotatable bonds is 3. The second-order valence-corrected chi connectivity index (χ2v) is 3.44. The molecule has 17 heavy (non-hydrogen) atoms. The summed E-state index contributed by atoms with van der Waals surface area (Å²) >= 11 is 0. The van der Waals surface area contributed by atoms with Crippen LogP contribution in [0.5, 0.6) is 0 Å². The Bertz CT molecular complexity index is 599. The summed E-state index contributed by atoms with van der Waals surface area (Å²) < 4.78 is 0. The average Bonchev–Trinajstić information content (AvgIpc) is 2.73. The van der Waals surface area contributed by atoms with Gasteiger partial charge in [0, 0.05) is 29.6 Å². The molecule has 0 saturated carbocycles. The summed E-state index contributed by atoms with van der Waals surface area (Å²) in [6.45, 7) is 0. The van der Waals surface area contributed by atoms with Gasteiger partial charge in [-0.1, -0.05) is 6.07 Å². The van der Waals surface area contributed by atoms with Crippen LogP contribution in [0.3, 0.4) is 0 Å². The fourth-order valence-corrected chi connectivity index (χ4v) is 1.46. The van der Waals surface area contributed by atoms with E-state index < -0.39 is 11.9 Å². The Hall–Kier alpha value is -2.56. The van der Waals surface area contributed by atoms with Crippen molar-refractivity contribution in [3.05, 3.63) is 42.6 Å². The Morgan fingerprint density at radius 3 is 2.82 bits per heavy atom. The van der Waals surface area contributed by atoms with Crippen LogP contribution < -0.4 is 5.32 Å². The molecule has 0 bridgehead atoms. The number of benzene rings is 1. The number of amides is 1. The van der Waals surface area contributed by atoms with Gasteiger partial charge in [0.05, 0.1) is 0 Å². The van der Waals surface area contributed by atoms with Crippen LogP contribution in [0.15, 0.2) is 42.6 Å². The second kappa shape index (κ2) is 4.52. The zero-order valence-electron chi connectivity index (χ0n) is 8.81. The first kappa shape index (κ1) is 10.9. The van der Waals surface area contributed by atoms with E-state index in [4.69, 9.17) is 5.11 Å². The van der Waals surface area contributed by atoms with Gasteiger partial charge >= 0.3 is 5.97 Å². The van der Waals surface area contributed by atoms with Crippen molar-refractivity contribution in [2.24, 2.45) is 0 Å². The van der Waals surface area contributed by atoms with Gasteiger partial charge in [-0.25, -0.2) is 4.79 Å². The molecular formula is C12H10N2O3. The summed E-state index contributed by atoms with van der Waals surface area (Å²) in [5, 5.41) is 12.0. The van der Waals surface area contributed by atoms with E-state index in [2.05, 4.69) is 10.3 Å². The summed E-state index contributed by atoms with van der Waals surface area (Å²) in [6.07, 6.45) is 3.57. The number of hydrogen-bond donors (Lipinski definition) is 3. The number of carboxylic acids is 1. The summed E-state index contributed by atoms with van der Waals surface area (Å²) in [5.41, 5.74) is 1.52. The minimum Gasteiger partial charge on any atom is -0.478 e. The van der Waals surface area contributed by atoms with Crippen LogP contribution in [0.4, 0.5) is 5.69 Å². The van der Waals surface area contributed by atoms with Gasteiger partial charge in [0.1, 0.15) is 0 Å². The molecule has 0 aliphatic heterocycles. The van der Waals surface area contributed by atoms with Gasteiger partial charge in [0.15, 0.2) is 0 Å². The van der Waals surface area contributed by atoms with Gasteiger partial charge in [-0.2, -0.15) is 0 Å². The zero-order valence-corrected chi connectivity index (χ0v) is 8.81. The summed E-state index contributed by atoms with van der Waals surface area (Å²) in [6, 6.07) is 7.32. The highest BCUT2D eigenvalue weighted by atomic mass is 16.4. The number of hydrogen-bond acceptors (Lipinski definition) is 2. The van der Waals surface area contributed by atoms with Gasteiger partial charge in [-0.05, 0) is 23.6 Å². The molecule has 1 aromatic heterocycles. The van der Waals surface area contributed by atoms with E-state index in [1.165, 1.54) is 0 Å². The van der Waals surface area contributed by atoms with Crippen molar-refractivity contribution in [1.82, 2.24) is 4.98 Å². The highest BCUT2D eigenvalue weighted by Gasteiger charge is 2.00. The van der Waals surface area contributed by atoms with Crippen molar-refractivity contribution in [1.29, 1.82) is 0 Å². The molecule has 0 unspecified atom stereocenters. The smallest absolute Gasteiger partial charge is 0.328 e. The first-order chi connectivity index (χ1) is 8.15. The largest absolute Gasteiger partial charge is 0.478 e. The SMILES string of the molecule is O=C(O)C=CC(=O)Nc1ccc2cc[nH]c2c1. The maximum atomic E-state index is 11.3.